The van der Waals surface area contributed by atoms with Gasteiger partial charge in [0.15, 0.2) is 0 Å². The lowest BCUT2D eigenvalue weighted by atomic mass is 10.1. The van der Waals surface area contributed by atoms with Gasteiger partial charge in [-0.1, -0.05) is 23.2 Å². The Hall–Kier alpha value is -2.11. The molecule has 2 aromatic carbocycles. The normalized spacial score (nSPS) is 11.7. The van der Waals surface area contributed by atoms with Crippen LogP contribution in [0, 0.1) is 11.3 Å². The van der Waals surface area contributed by atoms with Crippen molar-refractivity contribution in [2.45, 2.75) is 31.2 Å². The van der Waals surface area contributed by atoms with Crippen LogP contribution in [0.25, 0.3) is 0 Å². The Labute approximate surface area is 168 Å². The van der Waals surface area contributed by atoms with Crippen LogP contribution >= 0.6 is 23.2 Å². The zero-order chi connectivity index (χ0) is 20.4. The third-order valence-electron chi connectivity index (χ3n) is 3.27. The third-order valence-corrected chi connectivity index (χ3v) is 5.82. The number of amides is 1. The molecule has 0 aliphatic rings. The van der Waals surface area contributed by atoms with Gasteiger partial charge in [0.25, 0.3) is 5.91 Å². The fourth-order valence-corrected chi connectivity index (χ4v) is 4.36. The van der Waals surface area contributed by atoms with E-state index in [1.165, 1.54) is 36.4 Å². The molecular weight excluding hydrogens is 409 g/mol. The Morgan fingerprint density at radius 2 is 1.74 bits per heavy atom. The molecule has 0 aromatic heterocycles. The van der Waals surface area contributed by atoms with E-state index in [1.54, 1.807) is 20.8 Å². The molecule has 0 unspecified atom stereocenters. The Morgan fingerprint density at radius 3 is 2.30 bits per heavy atom. The van der Waals surface area contributed by atoms with E-state index in [0.29, 0.717) is 5.69 Å². The Bertz CT molecular complexity index is 1040. The van der Waals surface area contributed by atoms with Crippen LogP contribution in [0.3, 0.4) is 0 Å². The van der Waals surface area contributed by atoms with Crippen LogP contribution in [-0.4, -0.2) is 19.9 Å². The monoisotopic (exact) mass is 425 g/mol. The van der Waals surface area contributed by atoms with Crippen molar-refractivity contribution < 1.29 is 13.2 Å². The van der Waals surface area contributed by atoms with Crippen LogP contribution in [0.1, 0.15) is 36.7 Å². The molecule has 142 valence electrons. The molecule has 0 saturated heterocycles. The topological polar surface area (TPSA) is 99.1 Å². The average molecular weight is 426 g/mol. The van der Waals surface area contributed by atoms with Crippen molar-refractivity contribution in [2.24, 2.45) is 0 Å². The minimum absolute atomic E-state index is 0.00437. The minimum atomic E-state index is -3.91. The molecule has 9 heteroatoms. The van der Waals surface area contributed by atoms with Crippen molar-refractivity contribution in [1.82, 2.24) is 4.72 Å². The minimum Gasteiger partial charge on any atom is -0.322 e. The first-order valence-corrected chi connectivity index (χ1v) is 10.0. The van der Waals surface area contributed by atoms with Gasteiger partial charge in [-0.15, -0.1) is 0 Å². The molecule has 2 aromatic rings. The molecule has 0 spiro atoms. The fourth-order valence-electron chi connectivity index (χ4n) is 2.20. The fraction of sp³-hybridized carbons (Fsp3) is 0.222. The van der Waals surface area contributed by atoms with Crippen molar-refractivity contribution in [2.75, 3.05) is 5.32 Å². The molecule has 0 heterocycles. The highest BCUT2D eigenvalue weighted by molar-refractivity contribution is 7.89. The van der Waals surface area contributed by atoms with Gasteiger partial charge in [-0.05, 0) is 57.2 Å². The van der Waals surface area contributed by atoms with E-state index in [2.05, 4.69) is 10.0 Å². The number of hydrogen-bond acceptors (Lipinski definition) is 4. The first kappa shape index (κ1) is 21.2. The summed E-state index contributed by atoms with van der Waals surface area (Å²) in [6.45, 7) is 5.09. The van der Waals surface area contributed by atoms with Gasteiger partial charge in [0.1, 0.15) is 11.0 Å². The molecule has 0 aliphatic heterocycles. The summed E-state index contributed by atoms with van der Waals surface area (Å²) in [7, 11) is -3.91. The predicted octanol–water partition coefficient (Wildman–Crippen LogP) is 4.19. The van der Waals surface area contributed by atoms with E-state index in [-0.39, 0.29) is 26.1 Å². The van der Waals surface area contributed by atoms with Gasteiger partial charge in [-0.25, -0.2) is 13.1 Å². The number of anilines is 1. The van der Waals surface area contributed by atoms with Gasteiger partial charge in [-0.2, -0.15) is 5.26 Å². The largest absolute Gasteiger partial charge is 0.322 e. The standard InChI is InChI=1S/C18H17Cl2N3O3S/c1-18(2,3)23-27(25,26)16-8-11(5-7-14(16)19)17(24)22-13-6-4-12(10-21)15(20)9-13/h4-9,23H,1-3H3,(H,22,24). The maximum absolute atomic E-state index is 12.5. The van der Waals surface area contributed by atoms with Crippen molar-refractivity contribution in [3.05, 3.63) is 57.6 Å². The molecule has 0 fully saturated rings. The number of nitriles is 1. The van der Waals surface area contributed by atoms with Crippen LogP contribution < -0.4 is 10.0 Å². The lowest BCUT2D eigenvalue weighted by molar-refractivity contribution is 0.102. The van der Waals surface area contributed by atoms with Gasteiger partial charge in [0.05, 0.1) is 15.6 Å². The Balaban J connectivity index is 2.33. The van der Waals surface area contributed by atoms with Crippen LogP contribution in [0.2, 0.25) is 10.0 Å². The lowest BCUT2D eigenvalue weighted by Gasteiger charge is -2.21. The molecule has 0 saturated carbocycles. The van der Waals surface area contributed by atoms with E-state index in [4.69, 9.17) is 28.5 Å². The molecular formula is C18H17Cl2N3O3S. The summed E-state index contributed by atoms with van der Waals surface area (Å²) < 4.78 is 27.6. The highest BCUT2D eigenvalue weighted by Crippen LogP contribution is 2.25. The van der Waals surface area contributed by atoms with Crippen LogP contribution in [0.5, 0.6) is 0 Å². The summed E-state index contributed by atoms with van der Waals surface area (Å²) in [6, 6.07) is 10.3. The third kappa shape index (κ3) is 5.44. The van der Waals surface area contributed by atoms with E-state index in [1.807, 2.05) is 6.07 Å². The van der Waals surface area contributed by atoms with E-state index in [9.17, 15) is 13.2 Å². The number of nitrogens with one attached hydrogen (secondary N) is 2. The number of nitrogens with zero attached hydrogens (tertiary/aromatic N) is 1. The number of rotatable bonds is 4. The van der Waals surface area contributed by atoms with Crippen molar-refractivity contribution in [3.8, 4) is 6.07 Å². The van der Waals surface area contributed by atoms with E-state index < -0.39 is 21.5 Å². The zero-order valence-electron chi connectivity index (χ0n) is 14.8. The second-order valence-corrected chi connectivity index (χ2v) is 9.23. The Kier molecular flexibility index (Phi) is 6.17. The molecule has 27 heavy (non-hydrogen) atoms. The Morgan fingerprint density at radius 1 is 1.07 bits per heavy atom. The number of benzene rings is 2. The average Bonchev–Trinajstić information content (AvgIpc) is 2.53. The number of hydrogen-bond donors (Lipinski definition) is 2. The van der Waals surface area contributed by atoms with Crippen molar-refractivity contribution >= 4 is 44.8 Å². The molecule has 0 bridgehead atoms. The maximum Gasteiger partial charge on any atom is 0.255 e. The first-order valence-electron chi connectivity index (χ1n) is 7.77. The smallest absolute Gasteiger partial charge is 0.255 e. The summed E-state index contributed by atoms with van der Waals surface area (Å²) in [5.74, 6) is -0.542. The van der Waals surface area contributed by atoms with Crippen LogP contribution in [-0.2, 0) is 10.0 Å². The van der Waals surface area contributed by atoms with E-state index >= 15 is 0 Å². The van der Waals surface area contributed by atoms with Gasteiger partial charge in [0, 0.05) is 16.8 Å². The van der Waals surface area contributed by atoms with Gasteiger partial charge in [0.2, 0.25) is 10.0 Å². The van der Waals surface area contributed by atoms with Crippen molar-refractivity contribution in [1.29, 1.82) is 5.26 Å². The number of carbonyl (C=O) groups is 1. The summed E-state index contributed by atoms with van der Waals surface area (Å²) in [5, 5.41) is 11.7. The van der Waals surface area contributed by atoms with E-state index in [0.717, 1.165) is 0 Å². The highest BCUT2D eigenvalue weighted by atomic mass is 35.5. The van der Waals surface area contributed by atoms with Gasteiger partial charge in [-0.3, -0.25) is 4.79 Å². The van der Waals surface area contributed by atoms with Crippen LogP contribution in [0.4, 0.5) is 5.69 Å². The van der Waals surface area contributed by atoms with Gasteiger partial charge >= 0.3 is 0 Å². The molecule has 1 amide bonds. The maximum atomic E-state index is 12.5. The van der Waals surface area contributed by atoms with Crippen LogP contribution in [0.15, 0.2) is 41.3 Å². The summed E-state index contributed by atoms with van der Waals surface area (Å²) in [6.07, 6.45) is 0. The summed E-state index contributed by atoms with van der Waals surface area (Å²) in [5.41, 5.74) is 0.0489. The predicted molar refractivity (Wildman–Crippen MR) is 106 cm³/mol. The number of halogens is 2. The lowest BCUT2D eigenvalue weighted by Crippen LogP contribution is -2.40. The molecule has 6 nitrogen and oxygen atoms in total. The quantitative estimate of drug-likeness (QED) is 0.766. The molecule has 0 radical (unpaired) electrons. The molecule has 2 rings (SSSR count). The second-order valence-electron chi connectivity index (χ2n) is 6.76. The second kappa shape index (κ2) is 7.87. The SMILES string of the molecule is CC(C)(C)NS(=O)(=O)c1cc(C(=O)Nc2ccc(C#N)c(Cl)c2)ccc1Cl. The van der Waals surface area contributed by atoms with Crippen molar-refractivity contribution in [3.63, 3.8) is 0 Å². The highest BCUT2D eigenvalue weighted by Gasteiger charge is 2.25. The summed E-state index contributed by atoms with van der Waals surface area (Å²) in [4.78, 5) is 12.3. The number of carbonyl (C=O) groups excluding carboxylic acids is 1. The molecule has 2 N–H and O–H groups in total. The molecule has 0 atom stereocenters. The first-order chi connectivity index (χ1) is 12.4. The van der Waals surface area contributed by atoms with Gasteiger partial charge < -0.3 is 5.32 Å². The molecule has 0 aliphatic carbocycles. The summed E-state index contributed by atoms with van der Waals surface area (Å²) >= 11 is 12.0. The zero-order valence-corrected chi connectivity index (χ0v) is 17.1. The number of sulfonamides is 1.